The molecule has 1 aliphatic carbocycles. The molecule has 0 saturated heterocycles. The number of hydrogen-bond donors (Lipinski definition) is 2. The van der Waals surface area contributed by atoms with E-state index in [-0.39, 0.29) is 0 Å². The first kappa shape index (κ1) is 10.7. The van der Waals surface area contributed by atoms with Crippen LogP contribution in [-0.4, -0.2) is 10.7 Å². The van der Waals surface area contributed by atoms with Crippen molar-refractivity contribution in [3.05, 3.63) is 52.5 Å². The average molecular weight is 261 g/mol. The van der Waals surface area contributed by atoms with Gasteiger partial charge in [0.25, 0.3) is 0 Å². The van der Waals surface area contributed by atoms with Gasteiger partial charge in [-0.25, -0.2) is 0 Å². The molecule has 0 amide bonds. The highest BCUT2D eigenvalue weighted by molar-refractivity contribution is 7.98. The van der Waals surface area contributed by atoms with Crippen LogP contribution in [-0.2, 0) is 0 Å². The summed E-state index contributed by atoms with van der Waals surface area (Å²) < 4.78 is 0. The Morgan fingerprint density at radius 2 is 2.06 bits per heavy atom. The van der Waals surface area contributed by atoms with E-state index in [9.17, 15) is 0 Å². The summed E-state index contributed by atoms with van der Waals surface area (Å²) in [5, 5.41) is 8.63. The molecule has 2 aromatic heterocycles. The number of aromatic amines is 1. The van der Waals surface area contributed by atoms with E-state index in [1.165, 1.54) is 11.3 Å². The number of allylic oxidation sites excluding steroid dienone is 1. The van der Waals surface area contributed by atoms with Crippen molar-refractivity contribution < 1.29 is 0 Å². The fourth-order valence-electron chi connectivity index (χ4n) is 1.76. The smallest absolute Gasteiger partial charge is 0.0970 e. The molecule has 0 bridgehead atoms. The van der Waals surface area contributed by atoms with Gasteiger partial charge in [-0.05, 0) is 46.5 Å². The third-order valence-electron chi connectivity index (χ3n) is 2.56. The van der Waals surface area contributed by atoms with Gasteiger partial charge < -0.3 is 4.98 Å². The van der Waals surface area contributed by atoms with Gasteiger partial charge in [-0.2, -0.15) is 16.4 Å². The van der Waals surface area contributed by atoms with Gasteiger partial charge in [0.15, 0.2) is 0 Å². The van der Waals surface area contributed by atoms with Crippen LogP contribution in [0.15, 0.2) is 46.3 Å². The molecule has 4 rings (SSSR count). The molecule has 0 fully saturated rings. The highest BCUT2D eigenvalue weighted by atomic mass is 32.2. The minimum Gasteiger partial charge on any atom is -0.361 e. The molecule has 0 spiro atoms. The predicted octanol–water partition coefficient (Wildman–Crippen LogP) is 3.44. The van der Waals surface area contributed by atoms with E-state index in [1.54, 1.807) is 23.3 Å². The summed E-state index contributed by atoms with van der Waals surface area (Å²) in [7, 11) is 0. The van der Waals surface area contributed by atoms with Crippen molar-refractivity contribution >= 4 is 35.1 Å². The Bertz CT molecular complexity index is 523. The molecule has 86 valence electrons. The average Bonchev–Trinajstić information content (AvgIpc) is 3.12. The Morgan fingerprint density at radius 1 is 1.18 bits per heavy atom. The number of hydrazone groups is 1. The Labute approximate surface area is 108 Å². The van der Waals surface area contributed by atoms with Crippen molar-refractivity contribution in [3.63, 3.8) is 0 Å². The standard InChI is InChI=1S/C8H7N3S.C4H4S/c1-2-7-8(12-11-10-7)5-3-4-9-6(1)5;1-2-4-5-3-1/h1-4,8-9,11H;1-4H. The second kappa shape index (κ2) is 4.81. The maximum atomic E-state index is 4.17. The minimum absolute atomic E-state index is 0.385. The van der Waals surface area contributed by atoms with Crippen LogP contribution in [0.5, 0.6) is 0 Å². The van der Waals surface area contributed by atoms with Crippen LogP contribution in [0.25, 0.3) is 6.08 Å². The topological polar surface area (TPSA) is 40.2 Å². The van der Waals surface area contributed by atoms with Gasteiger partial charge in [0, 0.05) is 11.9 Å². The molecule has 1 unspecified atom stereocenters. The number of rotatable bonds is 0. The van der Waals surface area contributed by atoms with Crippen LogP contribution < -0.4 is 4.83 Å². The van der Waals surface area contributed by atoms with Crippen molar-refractivity contribution in [1.82, 2.24) is 9.82 Å². The van der Waals surface area contributed by atoms with Gasteiger partial charge in [0.05, 0.1) is 11.0 Å². The summed E-state index contributed by atoms with van der Waals surface area (Å²) in [5.41, 5.74) is 3.65. The minimum atomic E-state index is 0.385. The van der Waals surface area contributed by atoms with Crippen molar-refractivity contribution in [2.45, 2.75) is 5.25 Å². The van der Waals surface area contributed by atoms with Gasteiger partial charge in [-0.1, -0.05) is 12.1 Å². The molecule has 2 aromatic rings. The van der Waals surface area contributed by atoms with Crippen molar-refractivity contribution in [2.75, 3.05) is 0 Å². The lowest BCUT2D eigenvalue weighted by molar-refractivity contribution is 1.14. The number of nitrogens with one attached hydrogen (secondary N) is 2. The molecule has 0 aromatic carbocycles. The molecule has 1 atom stereocenters. The fraction of sp³-hybridized carbons (Fsp3) is 0.0833. The summed E-state index contributed by atoms with van der Waals surface area (Å²) in [6.07, 6.45) is 6.09. The predicted molar refractivity (Wildman–Crippen MR) is 75.0 cm³/mol. The van der Waals surface area contributed by atoms with Crippen LogP contribution in [0.4, 0.5) is 0 Å². The summed E-state index contributed by atoms with van der Waals surface area (Å²) in [6.45, 7) is 0. The molecule has 0 radical (unpaired) electrons. The van der Waals surface area contributed by atoms with E-state index in [4.69, 9.17) is 0 Å². The quantitative estimate of drug-likeness (QED) is 0.713. The summed E-state index contributed by atoms with van der Waals surface area (Å²) >= 11 is 3.36. The van der Waals surface area contributed by atoms with Crippen LogP contribution in [0.3, 0.4) is 0 Å². The van der Waals surface area contributed by atoms with Crippen LogP contribution in [0, 0.1) is 0 Å². The molecular formula is C12H11N3S2. The molecule has 0 saturated carbocycles. The monoisotopic (exact) mass is 261 g/mol. The molecule has 2 aliphatic rings. The summed E-state index contributed by atoms with van der Waals surface area (Å²) in [4.78, 5) is 6.12. The summed E-state index contributed by atoms with van der Waals surface area (Å²) in [5.74, 6) is 0. The normalized spacial score (nSPS) is 19.5. The Morgan fingerprint density at radius 3 is 2.82 bits per heavy atom. The van der Waals surface area contributed by atoms with Gasteiger partial charge in [-0.3, -0.25) is 4.83 Å². The SMILES string of the molecule is C1=Cc2[nH]ccc2C2SNN=C12.c1ccsc1. The first-order chi connectivity index (χ1) is 8.45. The third-order valence-corrected chi connectivity index (χ3v) is 4.11. The van der Waals surface area contributed by atoms with Gasteiger partial charge in [-0.15, -0.1) is 0 Å². The van der Waals surface area contributed by atoms with E-state index in [0.717, 1.165) is 5.71 Å². The van der Waals surface area contributed by atoms with Crippen molar-refractivity contribution in [3.8, 4) is 0 Å². The summed E-state index contributed by atoms with van der Waals surface area (Å²) in [6, 6.07) is 6.15. The lowest BCUT2D eigenvalue weighted by atomic mass is 10.0. The molecule has 17 heavy (non-hydrogen) atoms. The van der Waals surface area contributed by atoms with Crippen molar-refractivity contribution in [1.29, 1.82) is 0 Å². The maximum Gasteiger partial charge on any atom is 0.0970 e. The van der Waals surface area contributed by atoms with Gasteiger partial charge >= 0.3 is 0 Å². The first-order valence-electron chi connectivity index (χ1n) is 5.26. The number of nitrogens with zero attached hydrogens (tertiary/aromatic N) is 1. The highest BCUT2D eigenvalue weighted by Gasteiger charge is 2.27. The third kappa shape index (κ3) is 2.16. The second-order valence-corrected chi connectivity index (χ2v) is 5.31. The number of aromatic nitrogens is 1. The first-order valence-corrected chi connectivity index (χ1v) is 7.08. The van der Waals surface area contributed by atoms with Gasteiger partial charge in [0.1, 0.15) is 0 Å². The number of H-pyrrole nitrogens is 1. The Balaban J connectivity index is 0.000000153. The molecule has 3 heterocycles. The molecule has 3 nitrogen and oxygen atoms in total. The molecule has 1 aliphatic heterocycles. The molecule has 5 heteroatoms. The molecule has 2 N–H and O–H groups in total. The molecular weight excluding hydrogens is 250 g/mol. The van der Waals surface area contributed by atoms with Crippen molar-refractivity contribution in [2.24, 2.45) is 5.10 Å². The van der Waals surface area contributed by atoms with E-state index >= 15 is 0 Å². The zero-order valence-electron chi connectivity index (χ0n) is 8.96. The van der Waals surface area contributed by atoms with E-state index in [2.05, 4.69) is 33.1 Å². The van der Waals surface area contributed by atoms with E-state index < -0.39 is 0 Å². The van der Waals surface area contributed by atoms with E-state index in [0.29, 0.717) is 5.25 Å². The highest BCUT2D eigenvalue weighted by Crippen LogP contribution is 2.37. The maximum absolute atomic E-state index is 4.17. The Hall–Kier alpha value is -1.46. The largest absolute Gasteiger partial charge is 0.361 e. The van der Waals surface area contributed by atoms with Crippen LogP contribution in [0.1, 0.15) is 16.5 Å². The lowest BCUT2D eigenvalue weighted by Crippen LogP contribution is -2.06. The van der Waals surface area contributed by atoms with Gasteiger partial charge in [0.2, 0.25) is 0 Å². The number of hydrogen-bond acceptors (Lipinski definition) is 4. The lowest BCUT2D eigenvalue weighted by Gasteiger charge is -2.11. The van der Waals surface area contributed by atoms with Crippen LogP contribution >= 0.6 is 23.3 Å². The van der Waals surface area contributed by atoms with Crippen LogP contribution in [0.2, 0.25) is 0 Å². The zero-order valence-corrected chi connectivity index (χ0v) is 10.6. The second-order valence-electron chi connectivity index (χ2n) is 3.60. The fourth-order valence-corrected chi connectivity index (χ4v) is 3.06. The number of fused-ring (bicyclic) bond motifs is 3. The zero-order chi connectivity index (χ0) is 11.5. The Kier molecular flexibility index (Phi) is 3.02. The number of thiophene rings is 1. The van der Waals surface area contributed by atoms with E-state index in [1.807, 2.05) is 29.1 Å².